The lowest BCUT2D eigenvalue weighted by molar-refractivity contribution is -0.132. The molecule has 178 valence electrons. The van der Waals surface area contributed by atoms with Gasteiger partial charge in [0, 0.05) is 38.3 Å². The number of carbonyl (C=O) groups excluding carboxylic acids is 2. The van der Waals surface area contributed by atoms with Crippen molar-refractivity contribution in [2.75, 3.05) is 44.2 Å². The highest BCUT2D eigenvalue weighted by atomic mass is 35.5. The number of carbonyl (C=O) groups is 2. The van der Waals surface area contributed by atoms with Gasteiger partial charge in [0.25, 0.3) is 5.91 Å². The van der Waals surface area contributed by atoms with Gasteiger partial charge in [-0.3, -0.25) is 9.59 Å². The number of benzene rings is 1. The number of hydrogen-bond acceptors (Lipinski definition) is 6. The first-order valence-corrected chi connectivity index (χ1v) is 11.9. The molecule has 3 heterocycles. The second-order valence-electron chi connectivity index (χ2n) is 8.18. The van der Waals surface area contributed by atoms with Crippen LogP contribution < -0.4 is 4.90 Å². The number of furan rings is 1. The van der Waals surface area contributed by atoms with Gasteiger partial charge in [-0.1, -0.05) is 43.1 Å². The van der Waals surface area contributed by atoms with Crippen molar-refractivity contribution in [3.63, 3.8) is 0 Å². The first-order chi connectivity index (χ1) is 16.6. The Morgan fingerprint density at radius 2 is 1.82 bits per heavy atom. The van der Waals surface area contributed by atoms with Crippen LogP contribution >= 0.6 is 11.6 Å². The summed E-state index contributed by atoms with van der Waals surface area (Å²) in [5, 5.41) is 9.35. The molecule has 1 fully saturated rings. The van der Waals surface area contributed by atoms with Gasteiger partial charge in [0.2, 0.25) is 5.91 Å². The highest BCUT2D eigenvalue weighted by Gasteiger charge is 2.26. The number of halogens is 1. The van der Waals surface area contributed by atoms with Crippen molar-refractivity contribution >= 4 is 29.2 Å². The predicted molar refractivity (Wildman–Crippen MR) is 131 cm³/mol. The Morgan fingerprint density at radius 1 is 1.03 bits per heavy atom. The largest absolute Gasteiger partial charge is 0.459 e. The molecule has 3 aromatic rings. The van der Waals surface area contributed by atoms with Gasteiger partial charge >= 0.3 is 0 Å². The molecule has 4 rings (SSSR count). The molecule has 1 aromatic carbocycles. The first kappa shape index (κ1) is 23.8. The van der Waals surface area contributed by atoms with Gasteiger partial charge in [0.05, 0.1) is 17.0 Å². The second kappa shape index (κ2) is 11.2. The molecule has 1 aliphatic heterocycles. The third-order valence-electron chi connectivity index (χ3n) is 5.88. The molecule has 8 nitrogen and oxygen atoms in total. The molecule has 9 heteroatoms. The van der Waals surface area contributed by atoms with Gasteiger partial charge in [0.15, 0.2) is 11.6 Å². The SMILES string of the molecule is CCCCN(CC(=O)N1CCN(c2ccc(-c3ccccc3Cl)nn2)CC1)C(=O)c1ccco1. The number of aromatic nitrogens is 2. The van der Waals surface area contributed by atoms with Crippen LogP contribution in [0.25, 0.3) is 11.3 Å². The minimum Gasteiger partial charge on any atom is -0.459 e. The monoisotopic (exact) mass is 481 g/mol. The van der Waals surface area contributed by atoms with Gasteiger partial charge in [0.1, 0.15) is 6.54 Å². The van der Waals surface area contributed by atoms with E-state index in [0.717, 1.165) is 29.9 Å². The van der Waals surface area contributed by atoms with Crippen LogP contribution in [-0.2, 0) is 4.79 Å². The van der Waals surface area contributed by atoms with Crippen molar-refractivity contribution in [1.29, 1.82) is 0 Å². The van der Waals surface area contributed by atoms with E-state index >= 15 is 0 Å². The third kappa shape index (κ3) is 5.56. The first-order valence-electron chi connectivity index (χ1n) is 11.5. The number of unbranched alkanes of at least 4 members (excludes halogenated alkanes) is 1. The summed E-state index contributed by atoms with van der Waals surface area (Å²) in [6, 6.07) is 14.7. The summed E-state index contributed by atoms with van der Waals surface area (Å²) in [6.07, 6.45) is 3.23. The zero-order valence-corrected chi connectivity index (χ0v) is 19.9. The normalized spacial score (nSPS) is 13.7. The van der Waals surface area contributed by atoms with Crippen molar-refractivity contribution in [2.24, 2.45) is 0 Å². The predicted octanol–water partition coefficient (Wildman–Crippen LogP) is 3.98. The van der Waals surface area contributed by atoms with E-state index in [9.17, 15) is 9.59 Å². The number of anilines is 1. The van der Waals surface area contributed by atoms with Gasteiger partial charge in [-0.2, -0.15) is 0 Å². The van der Waals surface area contributed by atoms with Gasteiger partial charge in [-0.25, -0.2) is 0 Å². The van der Waals surface area contributed by atoms with Crippen molar-refractivity contribution in [1.82, 2.24) is 20.0 Å². The molecular weight excluding hydrogens is 454 g/mol. The number of hydrogen-bond donors (Lipinski definition) is 0. The zero-order chi connectivity index (χ0) is 23.9. The minimum atomic E-state index is -0.251. The molecule has 0 radical (unpaired) electrons. The maximum atomic E-state index is 13.0. The molecule has 0 aliphatic carbocycles. The summed E-state index contributed by atoms with van der Waals surface area (Å²) in [4.78, 5) is 31.2. The van der Waals surface area contributed by atoms with Crippen LogP contribution in [0.1, 0.15) is 30.3 Å². The summed E-state index contributed by atoms with van der Waals surface area (Å²) in [5.41, 5.74) is 1.56. The molecule has 1 saturated heterocycles. The van der Waals surface area contributed by atoms with Crippen LogP contribution in [0.15, 0.2) is 59.2 Å². The molecule has 34 heavy (non-hydrogen) atoms. The fraction of sp³-hybridized carbons (Fsp3) is 0.360. The number of amides is 2. The van der Waals surface area contributed by atoms with E-state index in [1.807, 2.05) is 36.4 Å². The highest BCUT2D eigenvalue weighted by Crippen LogP contribution is 2.26. The Bertz CT molecular complexity index is 1100. The molecule has 0 N–H and O–H groups in total. The van der Waals surface area contributed by atoms with Gasteiger partial charge in [-0.05, 0) is 36.8 Å². The molecule has 0 unspecified atom stereocenters. The molecule has 2 amide bonds. The Balaban J connectivity index is 1.34. The van der Waals surface area contributed by atoms with Crippen molar-refractivity contribution in [3.05, 3.63) is 65.6 Å². The topological polar surface area (TPSA) is 82.8 Å². The smallest absolute Gasteiger partial charge is 0.290 e. The summed E-state index contributed by atoms with van der Waals surface area (Å²) in [7, 11) is 0. The molecule has 0 spiro atoms. The molecule has 0 saturated carbocycles. The molecule has 0 atom stereocenters. The van der Waals surface area contributed by atoms with E-state index in [-0.39, 0.29) is 24.1 Å². The molecule has 1 aliphatic rings. The quantitative estimate of drug-likeness (QED) is 0.484. The lowest BCUT2D eigenvalue weighted by Gasteiger charge is -2.36. The fourth-order valence-corrected chi connectivity index (χ4v) is 4.14. The van der Waals surface area contributed by atoms with E-state index in [0.29, 0.717) is 37.7 Å². The lowest BCUT2D eigenvalue weighted by atomic mass is 10.1. The zero-order valence-electron chi connectivity index (χ0n) is 19.2. The van der Waals surface area contributed by atoms with E-state index < -0.39 is 0 Å². The molecule has 0 bridgehead atoms. The van der Waals surface area contributed by atoms with E-state index in [1.165, 1.54) is 6.26 Å². The third-order valence-corrected chi connectivity index (χ3v) is 6.21. The maximum Gasteiger partial charge on any atom is 0.290 e. The number of piperazine rings is 1. The van der Waals surface area contributed by atoms with Crippen molar-refractivity contribution in [3.8, 4) is 11.3 Å². The standard InChI is InChI=1S/C25H28ClN5O3/c1-2-3-12-31(25(33)22-9-6-17-34-22)18-24(32)30-15-13-29(14-16-30)23-11-10-21(27-28-23)19-7-4-5-8-20(19)26/h4-11,17H,2-3,12-16,18H2,1H3. The Labute approximate surface area is 204 Å². The minimum absolute atomic E-state index is 0.0475. The lowest BCUT2D eigenvalue weighted by Crippen LogP contribution is -2.52. The Kier molecular flexibility index (Phi) is 7.80. The summed E-state index contributed by atoms with van der Waals surface area (Å²) < 4.78 is 5.25. The summed E-state index contributed by atoms with van der Waals surface area (Å²) in [5.74, 6) is 0.711. The van der Waals surface area contributed by atoms with Gasteiger partial charge < -0.3 is 19.1 Å². The second-order valence-corrected chi connectivity index (χ2v) is 8.59. The summed E-state index contributed by atoms with van der Waals surface area (Å²) in [6.45, 7) is 5.04. The van der Waals surface area contributed by atoms with Crippen molar-refractivity contribution in [2.45, 2.75) is 19.8 Å². The average Bonchev–Trinajstić information content (AvgIpc) is 3.42. The fourth-order valence-electron chi connectivity index (χ4n) is 3.91. The molecule has 2 aromatic heterocycles. The van der Waals surface area contributed by atoms with Crippen LogP contribution in [0.5, 0.6) is 0 Å². The Hall–Kier alpha value is -3.39. The van der Waals surface area contributed by atoms with E-state index in [4.69, 9.17) is 16.0 Å². The Morgan fingerprint density at radius 3 is 2.47 bits per heavy atom. The van der Waals surface area contributed by atoms with Crippen LogP contribution in [0.4, 0.5) is 5.82 Å². The average molecular weight is 482 g/mol. The van der Waals surface area contributed by atoms with Crippen LogP contribution in [-0.4, -0.2) is 71.1 Å². The number of rotatable bonds is 8. The van der Waals surface area contributed by atoms with Crippen LogP contribution in [0, 0.1) is 0 Å². The van der Waals surface area contributed by atoms with Crippen LogP contribution in [0.2, 0.25) is 5.02 Å². The van der Waals surface area contributed by atoms with E-state index in [2.05, 4.69) is 22.0 Å². The van der Waals surface area contributed by atoms with Crippen LogP contribution in [0.3, 0.4) is 0 Å². The molecular formula is C25H28ClN5O3. The maximum absolute atomic E-state index is 13.0. The van der Waals surface area contributed by atoms with Gasteiger partial charge in [-0.15, -0.1) is 10.2 Å². The highest BCUT2D eigenvalue weighted by molar-refractivity contribution is 6.33. The van der Waals surface area contributed by atoms with E-state index in [1.54, 1.807) is 21.9 Å². The number of nitrogens with zero attached hydrogens (tertiary/aromatic N) is 5. The van der Waals surface area contributed by atoms with Crippen molar-refractivity contribution < 1.29 is 14.0 Å². The summed E-state index contributed by atoms with van der Waals surface area (Å²) >= 11 is 6.26.